The van der Waals surface area contributed by atoms with Gasteiger partial charge in [0.05, 0.1) is 10.9 Å². The Balaban J connectivity index is 2.38. The number of aromatic carboxylic acids is 1. The first kappa shape index (κ1) is 15.5. The van der Waals surface area contributed by atoms with Gasteiger partial charge in [-0.25, -0.2) is 0 Å². The van der Waals surface area contributed by atoms with Gasteiger partial charge in [0.25, 0.3) is 11.6 Å². The summed E-state index contributed by atoms with van der Waals surface area (Å²) in [5.41, 5.74) is -0.956. The number of nitro benzene ring substituents is 1. The SMILES string of the molecule is O=C([O-])c1ccccc1C(=O)Nc1ccc(Cl)cc1[N+](=O)[O-]. The van der Waals surface area contributed by atoms with Gasteiger partial charge < -0.3 is 15.2 Å². The molecule has 0 bridgehead atoms. The molecule has 2 aromatic carbocycles. The highest BCUT2D eigenvalue weighted by atomic mass is 35.5. The molecule has 0 aliphatic rings. The molecule has 0 saturated heterocycles. The van der Waals surface area contributed by atoms with Crippen molar-refractivity contribution >= 4 is 34.9 Å². The van der Waals surface area contributed by atoms with E-state index in [0.717, 1.165) is 6.07 Å². The molecule has 0 radical (unpaired) electrons. The van der Waals surface area contributed by atoms with Gasteiger partial charge in [-0.15, -0.1) is 0 Å². The molecule has 0 spiro atoms. The molecule has 0 atom stereocenters. The average molecular weight is 320 g/mol. The van der Waals surface area contributed by atoms with E-state index in [0.29, 0.717) is 0 Å². The molecule has 0 aliphatic carbocycles. The van der Waals surface area contributed by atoms with Crippen LogP contribution in [0.3, 0.4) is 0 Å². The quantitative estimate of drug-likeness (QED) is 0.682. The lowest BCUT2D eigenvalue weighted by Crippen LogP contribution is -2.26. The van der Waals surface area contributed by atoms with Crippen molar-refractivity contribution in [1.29, 1.82) is 0 Å². The number of hydrogen-bond acceptors (Lipinski definition) is 5. The topological polar surface area (TPSA) is 112 Å². The highest BCUT2D eigenvalue weighted by molar-refractivity contribution is 6.31. The van der Waals surface area contributed by atoms with Gasteiger partial charge >= 0.3 is 0 Å². The van der Waals surface area contributed by atoms with E-state index < -0.39 is 22.5 Å². The summed E-state index contributed by atoms with van der Waals surface area (Å²) in [6, 6.07) is 9.11. The lowest BCUT2D eigenvalue weighted by molar-refractivity contribution is -0.383. The van der Waals surface area contributed by atoms with Crippen LogP contribution in [-0.4, -0.2) is 16.8 Å². The molecule has 0 aliphatic heterocycles. The summed E-state index contributed by atoms with van der Waals surface area (Å²) in [5.74, 6) is -2.32. The molecule has 2 rings (SSSR count). The Morgan fingerprint density at radius 1 is 1.09 bits per heavy atom. The molecule has 2 aromatic rings. The summed E-state index contributed by atoms with van der Waals surface area (Å²) >= 11 is 5.68. The number of nitrogens with zero attached hydrogens (tertiary/aromatic N) is 1. The maximum absolute atomic E-state index is 12.1. The van der Waals surface area contributed by atoms with Crippen LogP contribution < -0.4 is 10.4 Å². The summed E-state index contributed by atoms with van der Waals surface area (Å²) < 4.78 is 0. The molecule has 7 nitrogen and oxygen atoms in total. The number of nitrogens with one attached hydrogen (secondary N) is 1. The molecular formula is C14H8ClN2O5-. The van der Waals surface area contributed by atoms with Crippen molar-refractivity contribution in [2.24, 2.45) is 0 Å². The predicted octanol–water partition coefficient (Wildman–Crippen LogP) is 1.86. The van der Waals surface area contributed by atoms with E-state index in [9.17, 15) is 24.8 Å². The number of carboxylic acids is 1. The summed E-state index contributed by atoms with van der Waals surface area (Å²) in [7, 11) is 0. The Morgan fingerprint density at radius 3 is 2.32 bits per heavy atom. The summed E-state index contributed by atoms with van der Waals surface area (Å²) in [6.45, 7) is 0. The third-order valence-electron chi connectivity index (χ3n) is 2.80. The zero-order valence-electron chi connectivity index (χ0n) is 10.9. The van der Waals surface area contributed by atoms with Gasteiger partial charge in [0.1, 0.15) is 5.69 Å². The van der Waals surface area contributed by atoms with Crippen LogP contribution in [0.1, 0.15) is 20.7 Å². The first-order valence-corrected chi connectivity index (χ1v) is 6.33. The number of carbonyl (C=O) groups excluding carboxylic acids is 2. The van der Waals surface area contributed by atoms with E-state index in [1.807, 2.05) is 0 Å². The van der Waals surface area contributed by atoms with Crippen molar-refractivity contribution in [2.75, 3.05) is 5.32 Å². The third kappa shape index (κ3) is 3.21. The maximum atomic E-state index is 12.1. The van der Waals surface area contributed by atoms with Gasteiger partial charge in [-0.2, -0.15) is 0 Å². The van der Waals surface area contributed by atoms with Gasteiger partial charge in [0.2, 0.25) is 0 Å². The third-order valence-corrected chi connectivity index (χ3v) is 3.03. The zero-order chi connectivity index (χ0) is 16.3. The van der Waals surface area contributed by atoms with Gasteiger partial charge in [-0.1, -0.05) is 29.8 Å². The number of halogens is 1. The number of anilines is 1. The fourth-order valence-electron chi connectivity index (χ4n) is 1.81. The van der Waals surface area contributed by atoms with Crippen LogP contribution >= 0.6 is 11.6 Å². The van der Waals surface area contributed by atoms with E-state index in [1.165, 1.54) is 36.4 Å². The molecule has 1 N–H and O–H groups in total. The lowest BCUT2D eigenvalue weighted by Gasteiger charge is -2.11. The summed E-state index contributed by atoms with van der Waals surface area (Å²) in [5, 5.41) is 24.4. The maximum Gasteiger partial charge on any atom is 0.294 e. The minimum Gasteiger partial charge on any atom is -0.545 e. The fourth-order valence-corrected chi connectivity index (χ4v) is 1.98. The van der Waals surface area contributed by atoms with Crippen LogP contribution in [0.2, 0.25) is 5.02 Å². The van der Waals surface area contributed by atoms with Crippen LogP contribution in [0.25, 0.3) is 0 Å². The van der Waals surface area contributed by atoms with Crippen LogP contribution in [0.4, 0.5) is 11.4 Å². The zero-order valence-corrected chi connectivity index (χ0v) is 11.7. The average Bonchev–Trinajstić information content (AvgIpc) is 2.48. The van der Waals surface area contributed by atoms with Crippen LogP contribution in [0, 0.1) is 10.1 Å². The molecule has 0 heterocycles. The predicted molar refractivity (Wildman–Crippen MR) is 76.8 cm³/mol. The monoisotopic (exact) mass is 319 g/mol. The fraction of sp³-hybridized carbons (Fsp3) is 0. The molecule has 0 aromatic heterocycles. The number of nitro groups is 1. The molecular weight excluding hydrogens is 312 g/mol. The molecule has 22 heavy (non-hydrogen) atoms. The van der Waals surface area contributed by atoms with Crippen LogP contribution in [-0.2, 0) is 0 Å². The van der Waals surface area contributed by atoms with E-state index in [2.05, 4.69) is 5.32 Å². The standard InChI is InChI=1S/C14H9ClN2O5/c15-8-5-6-11(12(7-8)17(21)22)16-13(18)9-3-1-2-4-10(9)14(19)20/h1-7H,(H,16,18)(H,19,20)/p-1. The van der Waals surface area contributed by atoms with E-state index >= 15 is 0 Å². The second kappa shape index (κ2) is 6.23. The van der Waals surface area contributed by atoms with Crippen LogP contribution in [0.15, 0.2) is 42.5 Å². The number of hydrogen-bond donors (Lipinski definition) is 1. The Hall–Kier alpha value is -2.93. The van der Waals surface area contributed by atoms with Crippen molar-refractivity contribution < 1.29 is 19.6 Å². The van der Waals surface area contributed by atoms with Crippen molar-refractivity contribution in [3.63, 3.8) is 0 Å². The Morgan fingerprint density at radius 2 is 1.73 bits per heavy atom. The normalized spacial score (nSPS) is 10.0. The lowest BCUT2D eigenvalue weighted by atomic mass is 10.1. The highest BCUT2D eigenvalue weighted by Gasteiger charge is 2.18. The number of carboxylic acid groups (broad SMARTS) is 1. The van der Waals surface area contributed by atoms with Gasteiger partial charge in [0.15, 0.2) is 0 Å². The highest BCUT2D eigenvalue weighted by Crippen LogP contribution is 2.28. The smallest absolute Gasteiger partial charge is 0.294 e. The van der Waals surface area contributed by atoms with Crippen molar-refractivity contribution in [3.05, 3.63) is 68.7 Å². The number of rotatable bonds is 4. The van der Waals surface area contributed by atoms with Crippen molar-refractivity contribution in [3.8, 4) is 0 Å². The molecule has 0 unspecified atom stereocenters. The first-order chi connectivity index (χ1) is 10.4. The Labute approximate surface area is 129 Å². The molecule has 0 fully saturated rings. The van der Waals surface area contributed by atoms with Crippen LogP contribution in [0.5, 0.6) is 0 Å². The number of carbonyl (C=O) groups is 2. The second-order valence-electron chi connectivity index (χ2n) is 4.21. The first-order valence-electron chi connectivity index (χ1n) is 5.96. The van der Waals surface area contributed by atoms with E-state index in [4.69, 9.17) is 11.6 Å². The summed E-state index contributed by atoms with van der Waals surface area (Å²) in [6.07, 6.45) is 0. The Kier molecular flexibility index (Phi) is 4.38. The van der Waals surface area contributed by atoms with E-state index in [1.54, 1.807) is 0 Å². The molecule has 1 amide bonds. The number of amides is 1. The van der Waals surface area contributed by atoms with Gasteiger partial charge in [-0.05, 0) is 18.2 Å². The molecule has 8 heteroatoms. The van der Waals surface area contributed by atoms with Crippen molar-refractivity contribution in [2.45, 2.75) is 0 Å². The largest absolute Gasteiger partial charge is 0.545 e. The minimum atomic E-state index is -1.52. The minimum absolute atomic E-state index is 0.0902. The second-order valence-corrected chi connectivity index (χ2v) is 4.64. The van der Waals surface area contributed by atoms with Gasteiger partial charge in [-0.3, -0.25) is 14.9 Å². The van der Waals surface area contributed by atoms with E-state index in [-0.39, 0.29) is 21.8 Å². The molecule has 112 valence electrons. The van der Waals surface area contributed by atoms with Crippen molar-refractivity contribution in [1.82, 2.24) is 0 Å². The Bertz CT molecular complexity index is 776. The number of benzene rings is 2. The van der Waals surface area contributed by atoms with Gasteiger partial charge in [0, 0.05) is 22.2 Å². The molecule has 0 saturated carbocycles. The summed E-state index contributed by atoms with van der Waals surface area (Å²) in [4.78, 5) is 33.4.